The van der Waals surface area contributed by atoms with Crippen LogP contribution in [0.4, 0.5) is 0 Å². The van der Waals surface area contributed by atoms with Gasteiger partial charge >= 0.3 is 5.97 Å². The zero-order valence-corrected chi connectivity index (χ0v) is 6.75. The van der Waals surface area contributed by atoms with Gasteiger partial charge in [-0.1, -0.05) is 0 Å². The SMILES string of the molecule is CC(=O)OC1CCC(O)CC1. The van der Waals surface area contributed by atoms with Crippen LogP contribution in [0.3, 0.4) is 0 Å². The van der Waals surface area contributed by atoms with E-state index in [0.717, 1.165) is 25.7 Å². The topological polar surface area (TPSA) is 46.5 Å². The second-order valence-electron chi connectivity index (χ2n) is 3.04. The van der Waals surface area contributed by atoms with Crippen LogP contribution in [-0.2, 0) is 9.53 Å². The molecule has 1 fully saturated rings. The summed E-state index contributed by atoms with van der Waals surface area (Å²) < 4.78 is 4.99. The Labute approximate surface area is 66.4 Å². The van der Waals surface area contributed by atoms with E-state index < -0.39 is 0 Å². The normalized spacial score (nSPS) is 31.5. The van der Waals surface area contributed by atoms with Crippen molar-refractivity contribution in [2.45, 2.75) is 44.8 Å². The zero-order valence-electron chi connectivity index (χ0n) is 6.75. The van der Waals surface area contributed by atoms with Gasteiger partial charge in [0.2, 0.25) is 0 Å². The van der Waals surface area contributed by atoms with Crippen molar-refractivity contribution >= 4 is 5.97 Å². The third kappa shape index (κ3) is 2.89. The van der Waals surface area contributed by atoms with Gasteiger partial charge in [-0.2, -0.15) is 0 Å². The molecule has 0 unspecified atom stereocenters. The van der Waals surface area contributed by atoms with Crippen molar-refractivity contribution < 1.29 is 14.6 Å². The van der Waals surface area contributed by atoms with Crippen molar-refractivity contribution in [1.82, 2.24) is 0 Å². The summed E-state index contributed by atoms with van der Waals surface area (Å²) in [6, 6.07) is 0. The summed E-state index contributed by atoms with van der Waals surface area (Å²) in [7, 11) is 0. The van der Waals surface area contributed by atoms with E-state index in [4.69, 9.17) is 9.84 Å². The third-order valence-electron chi connectivity index (χ3n) is 1.98. The Morgan fingerprint density at radius 1 is 1.36 bits per heavy atom. The molecule has 0 aromatic heterocycles. The Kier molecular flexibility index (Phi) is 2.88. The maximum atomic E-state index is 10.5. The first kappa shape index (κ1) is 8.53. The summed E-state index contributed by atoms with van der Waals surface area (Å²) in [5.41, 5.74) is 0. The summed E-state index contributed by atoms with van der Waals surface area (Å²) in [5, 5.41) is 9.12. The molecule has 3 heteroatoms. The van der Waals surface area contributed by atoms with Gasteiger partial charge in [0.25, 0.3) is 0 Å². The quantitative estimate of drug-likeness (QED) is 0.575. The molecular weight excluding hydrogens is 144 g/mol. The lowest BCUT2D eigenvalue weighted by molar-refractivity contribution is -0.148. The minimum absolute atomic E-state index is 0.0518. The molecule has 0 amide bonds. The fourth-order valence-corrected chi connectivity index (χ4v) is 1.40. The van der Waals surface area contributed by atoms with Crippen LogP contribution >= 0.6 is 0 Å². The molecule has 0 atom stereocenters. The minimum Gasteiger partial charge on any atom is -0.463 e. The number of hydrogen-bond acceptors (Lipinski definition) is 3. The van der Waals surface area contributed by atoms with E-state index in [0.29, 0.717) is 0 Å². The molecule has 64 valence electrons. The molecule has 0 bridgehead atoms. The Balaban J connectivity index is 2.22. The summed E-state index contributed by atoms with van der Waals surface area (Å²) in [6.07, 6.45) is 3.01. The number of carbonyl (C=O) groups is 1. The molecule has 3 nitrogen and oxygen atoms in total. The van der Waals surface area contributed by atoms with Crippen molar-refractivity contribution in [3.05, 3.63) is 0 Å². The van der Waals surface area contributed by atoms with Gasteiger partial charge in [0.05, 0.1) is 6.10 Å². The Morgan fingerprint density at radius 2 is 1.91 bits per heavy atom. The van der Waals surface area contributed by atoms with Gasteiger partial charge in [-0.15, -0.1) is 0 Å². The second-order valence-corrected chi connectivity index (χ2v) is 3.04. The van der Waals surface area contributed by atoms with E-state index in [1.54, 1.807) is 0 Å². The maximum absolute atomic E-state index is 10.5. The number of esters is 1. The van der Waals surface area contributed by atoms with E-state index in [2.05, 4.69) is 0 Å². The molecule has 0 heterocycles. The minimum atomic E-state index is -0.216. The molecule has 1 N–H and O–H groups in total. The monoisotopic (exact) mass is 158 g/mol. The predicted octanol–water partition coefficient (Wildman–Crippen LogP) is 0.853. The van der Waals surface area contributed by atoms with Crippen LogP contribution in [0.1, 0.15) is 32.6 Å². The lowest BCUT2D eigenvalue weighted by Gasteiger charge is -2.24. The fourth-order valence-electron chi connectivity index (χ4n) is 1.40. The summed E-state index contributed by atoms with van der Waals surface area (Å²) in [6.45, 7) is 1.42. The average Bonchev–Trinajstić information content (AvgIpc) is 1.93. The molecule has 0 radical (unpaired) electrons. The predicted molar refractivity (Wildman–Crippen MR) is 40.0 cm³/mol. The van der Waals surface area contributed by atoms with Crippen LogP contribution in [0.2, 0.25) is 0 Å². The van der Waals surface area contributed by atoms with Crippen molar-refractivity contribution in [1.29, 1.82) is 0 Å². The third-order valence-corrected chi connectivity index (χ3v) is 1.98. The number of carbonyl (C=O) groups excluding carboxylic acids is 1. The summed E-state index contributed by atoms with van der Waals surface area (Å²) >= 11 is 0. The average molecular weight is 158 g/mol. The van der Waals surface area contributed by atoms with Crippen LogP contribution in [0.15, 0.2) is 0 Å². The molecule has 11 heavy (non-hydrogen) atoms. The molecular formula is C8H14O3. The van der Waals surface area contributed by atoms with Crippen LogP contribution in [-0.4, -0.2) is 23.3 Å². The van der Waals surface area contributed by atoms with Gasteiger partial charge < -0.3 is 9.84 Å². The fraction of sp³-hybridized carbons (Fsp3) is 0.875. The molecule has 1 saturated carbocycles. The maximum Gasteiger partial charge on any atom is 0.302 e. The van der Waals surface area contributed by atoms with E-state index in [9.17, 15) is 4.79 Å². The van der Waals surface area contributed by atoms with E-state index in [-0.39, 0.29) is 18.2 Å². The van der Waals surface area contributed by atoms with E-state index in [1.165, 1.54) is 6.92 Å². The standard InChI is InChI=1S/C8H14O3/c1-6(9)11-8-4-2-7(10)3-5-8/h7-8,10H,2-5H2,1H3. The van der Waals surface area contributed by atoms with Crippen molar-refractivity contribution in [2.75, 3.05) is 0 Å². The zero-order chi connectivity index (χ0) is 8.27. The van der Waals surface area contributed by atoms with Gasteiger partial charge in [0.1, 0.15) is 6.10 Å². The highest BCUT2D eigenvalue weighted by molar-refractivity contribution is 5.66. The van der Waals surface area contributed by atoms with Gasteiger partial charge in [0, 0.05) is 6.92 Å². The number of rotatable bonds is 1. The molecule has 0 aromatic rings. The van der Waals surface area contributed by atoms with E-state index in [1.807, 2.05) is 0 Å². The van der Waals surface area contributed by atoms with Crippen molar-refractivity contribution in [2.24, 2.45) is 0 Å². The van der Waals surface area contributed by atoms with Crippen LogP contribution in [0, 0.1) is 0 Å². The van der Waals surface area contributed by atoms with Gasteiger partial charge in [-0.3, -0.25) is 4.79 Å². The van der Waals surface area contributed by atoms with Gasteiger partial charge in [0.15, 0.2) is 0 Å². The van der Waals surface area contributed by atoms with Crippen LogP contribution in [0.5, 0.6) is 0 Å². The van der Waals surface area contributed by atoms with Gasteiger partial charge in [-0.25, -0.2) is 0 Å². The lowest BCUT2D eigenvalue weighted by atomic mass is 9.95. The summed E-state index contributed by atoms with van der Waals surface area (Å²) in [4.78, 5) is 10.5. The van der Waals surface area contributed by atoms with E-state index >= 15 is 0 Å². The largest absolute Gasteiger partial charge is 0.463 e. The van der Waals surface area contributed by atoms with Crippen LogP contribution in [0.25, 0.3) is 0 Å². The first-order valence-electron chi connectivity index (χ1n) is 4.04. The number of aliphatic hydroxyl groups excluding tert-OH is 1. The van der Waals surface area contributed by atoms with Gasteiger partial charge in [-0.05, 0) is 25.7 Å². The van der Waals surface area contributed by atoms with Crippen LogP contribution < -0.4 is 0 Å². The number of aliphatic hydroxyl groups is 1. The smallest absolute Gasteiger partial charge is 0.302 e. The molecule has 1 aliphatic rings. The first-order valence-corrected chi connectivity index (χ1v) is 4.04. The lowest BCUT2D eigenvalue weighted by Crippen LogP contribution is -2.25. The molecule has 0 aromatic carbocycles. The molecule has 0 saturated heterocycles. The molecule has 1 aliphatic carbocycles. The molecule has 0 aliphatic heterocycles. The Morgan fingerprint density at radius 3 is 2.36 bits per heavy atom. The van der Waals surface area contributed by atoms with Crippen molar-refractivity contribution in [3.63, 3.8) is 0 Å². The highest BCUT2D eigenvalue weighted by Gasteiger charge is 2.20. The highest BCUT2D eigenvalue weighted by Crippen LogP contribution is 2.20. The first-order chi connectivity index (χ1) is 5.18. The Bertz CT molecular complexity index is 136. The van der Waals surface area contributed by atoms with Crippen molar-refractivity contribution in [3.8, 4) is 0 Å². The second kappa shape index (κ2) is 3.72. The number of ether oxygens (including phenoxy) is 1. The molecule has 0 spiro atoms. The Hall–Kier alpha value is -0.570. The molecule has 1 rings (SSSR count). The highest BCUT2D eigenvalue weighted by atomic mass is 16.5. The number of hydrogen-bond donors (Lipinski definition) is 1. The summed E-state index contributed by atoms with van der Waals surface area (Å²) in [5.74, 6) is -0.216.